The largest absolute Gasteiger partial charge is 0.501 e. The molecule has 19 heavy (non-hydrogen) atoms. The maximum absolute atomic E-state index is 5.49. The summed E-state index contributed by atoms with van der Waals surface area (Å²) in [6.45, 7) is 4.17. The number of benzene rings is 1. The fourth-order valence-electron chi connectivity index (χ4n) is 2.53. The van der Waals surface area contributed by atoms with Gasteiger partial charge in [-0.05, 0) is 49.8 Å². The third-order valence-corrected chi connectivity index (χ3v) is 3.62. The maximum atomic E-state index is 5.49. The van der Waals surface area contributed by atoms with E-state index in [0.29, 0.717) is 6.04 Å². The van der Waals surface area contributed by atoms with Crippen molar-refractivity contribution in [2.45, 2.75) is 45.1 Å². The molecule has 0 bridgehead atoms. The summed E-state index contributed by atoms with van der Waals surface area (Å²) in [6, 6.07) is 11.2. The van der Waals surface area contributed by atoms with E-state index in [2.05, 4.69) is 42.6 Å². The molecule has 0 amide bonds. The number of ether oxygens (including phenoxy) is 1. The lowest BCUT2D eigenvalue weighted by molar-refractivity contribution is 0.218. The van der Waals surface area contributed by atoms with E-state index < -0.39 is 0 Å². The van der Waals surface area contributed by atoms with Gasteiger partial charge < -0.3 is 10.1 Å². The Morgan fingerprint density at radius 1 is 1.26 bits per heavy atom. The molecule has 2 rings (SSSR count). The van der Waals surface area contributed by atoms with E-state index in [1.807, 2.05) is 6.26 Å². The lowest BCUT2D eigenvalue weighted by atomic mass is 9.96. The van der Waals surface area contributed by atoms with Crippen LogP contribution in [-0.2, 0) is 11.2 Å². The first kappa shape index (κ1) is 14.1. The van der Waals surface area contributed by atoms with Gasteiger partial charge >= 0.3 is 0 Å². The predicted octanol–water partition coefficient (Wildman–Crippen LogP) is 3.68. The van der Waals surface area contributed by atoms with Crippen molar-refractivity contribution in [2.24, 2.45) is 0 Å². The van der Waals surface area contributed by atoms with Crippen molar-refractivity contribution in [3.05, 3.63) is 47.7 Å². The fourth-order valence-corrected chi connectivity index (χ4v) is 2.53. The molecule has 2 nitrogen and oxygen atoms in total. The minimum Gasteiger partial charge on any atom is -0.501 e. The van der Waals surface area contributed by atoms with Gasteiger partial charge in [-0.15, -0.1) is 0 Å². The van der Waals surface area contributed by atoms with Crippen molar-refractivity contribution in [2.75, 3.05) is 13.2 Å². The summed E-state index contributed by atoms with van der Waals surface area (Å²) < 4.78 is 5.49. The Morgan fingerprint density at radius 3 is 2.79 bits per heavy atom. The highest BCUT2D eigenvalue weighted by Gasteiger charge is 2.16. The molecule has 2 heteroatoms. The predicted molar refractivity (Wildman–Crippen MR) is 80.1 cm³/mol. The molecule has 1 aliphatic heterocycles. The van der Waals surface area contributed by atoms with Crippen LogP contribution in [0.15, 0.2) is 42.2 Å². The minimum absolute atomic E-state index is 0.473. The third kappa shape index (κ3) is 4.71. The second kappa shape index (κ2) is 8.00. The summed E-state index contributed by atoms with van der Waals surface area (Å²) in [4.78, 5) is 0. The zero-order valence-electron chi connectivity index (χ0n) is 11.9. The van der Waals surface area contributed by atoms with E-state index in [1.54, 1.807) is 0 Å². The van der Waals surface area contributed by atoms with Gasteiger partial charge in [0.15, 0.2) is 0 Å². The lowest BCUT2D eigenvalue weighted by Crippen LogP contribution is -2.33. The average Bonchev–Trinajstić information content (AvgIpc) is 2.49. The molecule has 0 saturated heterocycles. The molecular weight excluding hydrogens is 234 g/mol. The lowest BCUT2D eigenvalue weighted by Gasteiger charge is -2.24. The first-order valence-corrected chi connectivity index (χ1v) is 7.48. The van der Waals surface area contributed by atoms with Crippen LogP contribution in [0.2, 0.25) is 0 Å². The van der Waals surface area contributed by atoms with Gasteiger partial charge in [0.25, 0.3) is 0 Å². The van der Waals surface area contributed by atoms with Crippen molar-refractivity contribution < 1.29 is 4.74 Å². The molecule has 1 aliphatic rings. The summed E-state index contributed by atoms with van der Waals surface area (Å²) >= 11 is 0. The first-order chi connectivity index (χ1) is 9.40. The number of rotatable bonds is 7. The van der Waals surface area contributed by atoms with E-state index in [1.165, 1.54) is 24.0 Å². The SMILES string of the molecule is CCCNC(CCc1ccccc1)C1=COCCC1. The normalized spacial score (nSPS) is 16.6. The van der Waals surface area contributed by atoms with Gasteiger partial charge in [-0.1, -0.05) is 37.3 Å². The zero-order chi connectivity index (χ0) is 13.3. The molecule has 0 aromatic heterocycles. The van der Waals surface area contributed by atoms with Gasteiger partial charge in [0, 0.05) is 6.04 Å². The second-order valence-corrected chi connectivity index (χ2v) is 5.20. The summed E-state index contributed by atoms with van der Waals surface area (Å²) in [5, 5.41) is 3.66. The van der Waals surface area contributed by atoms with Crippen LogP contribution in [-0.4, -0.2) is 19.2 Å². The van der Waals surface area contributed by atoms with Crippen molar-refractivity contribution in [3.63, 3.8) is 0 Å². The van der Waals surface area contributed by atoms with Crippen LogP contribution in [0.3, 0.4) is 0 Å². The zero-order valence-corrected chi connectivity index (χ0v) is 11.9. The van der Waals surface area contributed by atoms with Gasteiger partial charge in [0.2, 0.25) is 0 Å². The van der Waals surface area contributed by atoms with Crippen molar-refractivity contribution in [1.82, 2.24) is 5.32 Å². The molecule has 1 aromatic rings. The van der Waals surface area contributed by atoms with E-state index in [-0.39, 0.29) is 0 Å². The third-order valence-electron chi connectivity index (χ3n) is 3.62. The molecular formula is C17H25NO. The number of hydrogen-bond donors (Lipinski definition) is 1. The van der Waals surface area contributed by atoms with Gasteiger partial charge in [-0.25, -0.2) is 0 Å². The van der Waals surface area contributed by atoms with Crippen LogP contribution in [0.5, 0.6) is 0 Å². The summed E-state index contributed by atoms with van der Waals surface area (Å²) in [7, 11) is 0. The Kier molecular flexibility index (Phi) is 5.96. The Balaban J connectivity index is 1.91. The first-order valence-electron chi connectivity index (χ1n) is 7.48. The fraction of sp³-hybridized carbons (Fsp3) is 0.529. The van der Waals surface area contributed by atoms with Gasteiger partial charge in [-0.2, -0.15) is 0 Å². The monoisotopic (exact) mass is 259 g/mol. The molecule has 0 spiro atoms. The Hall–Kier alpha value is -1.28. The van der Waals surface area contributed by atoms with Crippen LogP contribution in [0.1, 0.15) is 38.2 Å². The molecule has 1 heterocycles. The quantitative estimate of drug-likeness (QED) is 0.806. The summed E-state index contributed by atoms with van der Waals surface area (Å²) in [5.41, 5.74) is 2.86. The highest BCUT2D eigenvalue weighted by Crippen LogP contribution is 2.19. The van der Waals surface area contributed by atoms with Crippen molar-refractivity contribution in [1.29, 1.82) is 0 Å². The van der Waals surface area contributed by atoms with Crippen molar-refractivity contribution >= 4 is 0 Å². The molecule has 1 unspecified atom stereocenters. The highest BCUT2D eigenvalue weighted by atomic mass is 16.5. The van der Waals surface area contributed by atoms with Crippen LogP contribution < -0.4 is 5.32 Å². The van der Waals surface area contributed by atoms with Gasteiger partial charge in [0.05, 0.1) is 12.9 Å². The van der Waals surface area contributed by atoms with Crippen LogP contribution in [0.4, 0.5) is 0 Å². The standard InChI is InChI=1S/C17H25NO/c1-2-12-18-17(16-9-6-13-19-14-16)11-10-15-7-4-3-5-8-15/h3-5,7-8,14,17-18H,2,6,9-13H2,1H3. The molecule has 1 atom stereocenters. The Morgan fingerprint density at radius 2 is 2.11 bits per heavy atom. The average molecular weight is 259 g/mol. The topological polar surface area (TPSA) is 21.3 Å². The molecule has 1 N–H and O–H groups in total. The van der Waals surface area contributed by atoms with Crippen LogP contribution >= 0.6 is 0 Å². The van der Waals surface area contributed by atoms with Gasteiger partial charge in [0.1, 0.15) is 0 Å². The smallest absolute Gasteiger partial charge is 0.0876 e. The number of hydrogen-bond acceptors (Lipinski definition) is 2. The Labute approximate surface area is 116 Å². The van der Waals surface area contributed by atoms with E-state index in [0.717, 1.165) is 32.4 Å². The molecule has 0 saturated carbocycles. The number of nitrogens with one attached hydrogen (secondary N) is 1. The van der Waals surface area contributed by atoms with E-state index in [4.69, 9.17) is 4.74 Å². The van der Waals surface area contributed by atoms with Crippen molar-refractivity contribution in [3.8, 4) is 0 Å². The minimum atomic E-state index is 0.473. The molecule has 0 aliphatic carbocycles. The highest BCUT2D eigenvalue weighted by molar-refractivity contribution is 5.17. The molecule has 0 radical (unpaired) electrons. The van der Waals surface area contributed by atoms with E-state index in [9.17, 15) is 0 Å². The van der Waals surface area contributed by atoms with E-state index >= 15 is 0 Å². The summed E-state index contributed by atoms with van der Waals surface area (Å²) in [5.74, 6) is 0. The van der Waals surface area contributed by atoms with Gasteiger partial charge in [-0.3, -0.25) is 0 Å². The maximum Gasteiger partial charge on any atom is 0.0876 e. The second-order valence-electron chi connectivity index (χ2n) is 5.20. The Bertz CT molecular complexity index is 386. The molecule has 1 aromatic carbocycles. The summed E-state index contributed by atoms with van der Waals surface area (Å²) in [6.07, 6.45) is 7.77. The number of aryl methyl sites for hydroxylation is 1. The molecule has 104 valence electrons. The molecule has 0 fully saturated rings. The van der Waals surface area contributed by atoms with Crippen LogP contribution in [0.25, 0.3) is 0 Å². The van der Waals surface area contributed by atoms with Crippen LogP contribution in [0, 0.1) is 0 Å².